The van der Waals surface area contributed by atoms with Gasteiger partial charge in [0.2, 0.25) is 0 Å². The molecule has 0 radical (unpaired) electrons. The van der Waals surface area contributed by atoms with Gasteiger partial charge in [0.05, 0.1) is 5.55 Å². The summed E-state index contributed by atoms with van der Waals surface area (Å²) in [6.45, 7) is 2.53. The summed E-state index contributed by atoms with van der Waals surface area (Å²) in [5, 5.41) is 0. The normalized spacial score (nSPS) is 33.8. The van der Waals surface area contributed by atoms with Gasteiger partial charge < -0.3 is 0 Å². The molecule has 2 aliphatic rings. The van der Waals surface area contributed by atoms with Crippen molar-refractivity contribution >= 4 is 17.3 Å². The Kier molecular flexibility index (Phi) is 1.95. The number of hydrogen-bond acceptors (Lipinski definition) is 3. The predicted molar refractivity (Wildman–Crippen MR) is 45.5 cm³/mol. The van der Waals surface area contributed by atoms with Gasteiger partial charge in [-0.15, -0.1) is 11.8 Å². The first-order chi connectivity index (χ1) is 4.97. The molecular weight excluding hydrogens is 144 g/mol. The van der Waals surface area contributed by atoms with Crippen LogP contribution in [0.1, 0.15) is 12.8 Å². The highest BCUT2D eigenvalue weighted by atomic mass is 32.2. The Morgan fingerprint density at radius 3 is 2.80 bits per heavy atom. The molecule has 0 aromatic heterocycles. The second kappa shape index (κ2) is 2.93. The van der Waals surface area contributed by atoms with Gasteiger partial charge in [-0.05, 0) is 12.8 Å². The molecular formula is C7H12N2S. The summed E-state index contributed by atoms with van der Waals surface area (Å²) in [7, 11) is 0. The Morgan fingerprint density at radius 1 is 1.40 bits per heavy atom. The minimum absolute atomic E-state index is 0.521. The van der Waals surface area contributed by atoms with Crippen LogP contribution in [0.4, 0.5) is 0 Å². The molecule has 1 unspecified atom stereocenters. The molecule has 0 N–H and O–H groups in total. The van der Waals surface area contributed by atoms with E-state index < -0.39 is 0 Å². The first-order valence-corrected chi connectivity index (χ1v) is 4.89. The van der Waals surface area contributed by atoms with Gasteiger partial charge in [-0.1, -0.05) is 0 Å². The largest absolute Gasteiger partial charge is 0.281 e. The summed E-state index contributed by atoms with van der Waals surface area (Å²) >= 11 is 1.84. The summed E-state index contributed by atoms with van der Waals surface area (Å²) in [5.41, 5.74) is 1.99. The topological polar surface area (TPSA) is 15.6 Å². The fraction of sp³-hybridized carbons (Fsp3) is 0.857. The molecule has 0 aromatic carbocycles. The van der Waals surface area contributed by atoms with Crippen LogP contribution in [0.25, 0.3) is 0 Å². The highest BCUT2D eigenvalue weighted by Crippen LogP contribution is 2.19. The number of nitrogens with zero attached hydrogens (tertiary/aromatic N) is 2. The Morgan fingerprint density at radius 2 is 2.20 bits per heavy atom. The molecule has 2 heterocycles. The molecule has 56 valence electrons. The van der Waals surface area contributed by atoms with Crippen molar-refractivity contribution in [2.24, 2.45) is 4.99 Å². The van der Waals surface area contributed by atoms with Crippen LogP contribution in [0.15, 0.2) is 4.99 Å². The van der Waals surface area contributed by atoms with E-state index >= 15 is 0 Å². The minimum Gasteiger partial charge on any atom is -0.281 e. The summed E-state index contributed by atoms with van der Waals surface area (Å²) in [6.07, 6.45) is 3.26. The van der Waals surface area contributed by atoms with E-state index in [0.29, 0.717) is 6.17 Å². The van der Waals surface area contributed by atoms with Crippen molar-refractivity contribution in [2.75, 3.05) is 18.8 Å². The lowest BCUT2D eigenvalue weighted by Crippen LogP contribution is -2.31. The predicted octanol–water partition coefficient (Wildman–Crippen LogP) is 1.18. The maximum atomic E-state index is 4.38. The molecule has 1 fully saturated rings. The highest BCUT2D eigenvalue weighted by molar-refractivity contribution is 8.12. The lowest BCUT2D eigenvalue weighted by atomic mass is 10.4. The van der Waals surface area contributed by atoms with Crippen LogP contribution in [0, 0.1) is 0 Å². The van der Waals surface area contributed by atoms with Crippen molar-refractivity contribution in [1.29, 1.82) is 0 Å². The number of hydrogen-bond donors (Lipinski definition) is 0. The molecule has 0 amide bonds. The molecule has 1 atom stereocenters. The molecule has 2 nitrogen and oxygen atoms in total. The van der Waals surface area contributed by atoms with E-state index in [0.717, 1.165) is 0 Å². The zero-order valence-electron chi connectivity index (χ0n) is 5.99. The smallest absolute Gasteiger partial charge is 0.112 e. The van der Waals surface area contributed by atoms with Crippen LogP contribution >= 0.6 is 11.8 Å². The Balaban J connectivity index is 1.91. The van der Waals surface area contributed by atoms with Gasteiger partial charge >= 0.3 is 0 Å². The van der Waals surface area contributed by atoms with Crippen LogP contribution in [0.2, 0.25) is 0 Å². The molecule has 0 aromatic rings. The molecule has 1 saturated heterocycles. The van der Waals surface area contributed by atoms with Crippen molar-refractivity contribution in [3.8, 4) is 0 Å². The molecule has 2 aliphatic heterocycles. The van der Waals surface area contributed by atoms with Gasteiger partial charge in [0, 0.05) is 18.8 Å². The van der Waals surface area contributed by atoms with Crippen molar-refractivity contribution in [2.45, 2.75) is 19.0 Å². The van der Waals surface area contributed by atoms with Crippen LogP contribution < -0.4 is 0 Å². The Hall–Kier alpha value is -0.0200. The van der Waals surface area contributed by atoms with E-state index in [-0.39, 0.29) is 0 Å². The van der Waals surface area contributed by atoms with Crippen LogP contribution in [-0.2, 0) is 0 Å². The lowest BCUT2D eigenvalue weighted by molar-refractivity contribution is 0.274. The number of likely N-dealkylation sites (tertiary alicyclic amines) is 1. The molecule has 0 aliphatic carbocycles. The van der Waals surface area contributed by atoms with Gasteiger partial charge in [0.25, 0.3) is 0 Å². The van der Waals surface area contributed by atoms with E-state index in [9.17, 15) is 0 Å². The summed E-state index contributed by atoms with van der Waals surface area (Å²) < 4.78 is 0. The zero-order valence-corrected chi connectivity index (χ0v) is 6.81. The molecule has 0 spiro atoms. The lowest BCUT2D eigenvalue weighted by Gasteiger charge is -2.19. The van der Waals surface area contributed by atoms with Crippen LogP contribution in [0.3, 0.4) is 0 Å². The van der Waals surface area contributed by atoms with E-state index in [2.05, 4.69) is 9.89 Å². The SMILES string of the molecule is C1=NC(N2CCCC2)CS1. The van der Waals surface area contributed by atoms with Gasteiger partial charge in [-0.3, -0.25) is 9.89 Å². The molecule has 10 heavy (non-hydrogen) atoms. The minimum atomic E-state index is 0.521. The fourth-order valence-electron chi connectivity index (χ4n) is 1.52. The third-order valence-electron chi connectivity index (χ3n) is 2.11. The average molecular weight is 156 g/mol. The monoisotopic (exact) mass is 156 g/mol. The maximum Gasteiger partial charge on any atom is 0.112 e. The van der Waals surface area contributed by atoms with E-state index in [1.807, 2.05) is 17.3 Å². The third kappa shape index (κ3) is 1.20. The summed E-state index contributed by atoms with van der Waals surface area (Å²) in [6, 6.07) is 0. The first-order valence-electron chi connectivity index (χ1n) is 3.84. The average Bonchev–Trinajstić information content (AvgIpc) is 2.59. The van der Waals surface area contributed by atoms with Crippen LogP contribution in [-0.4, -0.2) is 35.5 Å². The second-order valence-corrected chi connectivity index (χ2v) is 3.69. The second-order valence-electron chi connectivity index (χ2n) is 2.81. The van der Waals surface area contributed by atoms with Crippen molar-refractivity contribution in [3.63, 3.8) is 0 Å². The van der Waals surface area contributed by atoms with Crippen molar-refractivity contribution in [3.05, 3.63) is 0 Å². The fourth-order valence-corrected chi connectivity index (χ4v) is 2.31. The van der Waals surface area contributed by atoms with Crippen molar-refractivity contribution in [1.82, 2.24) is 4.90 Å². The van der Waals surface area contributed by atoms with Crippen LogP contribution in [0.5, 0.6) is 0 Å². The van der Waals surface area contributed by atoms with E-state index in [1.54, 1.807) is 0 Å². The Bertz CT molecular complexity index is 141. The number of aliphatic imine (C=N–C) groups is 1. The van der Waals surface area contributed by atoms with Gasteiger partial charge in [-0.2, -0.15) is 0 Å². The highest BCUT2D eigenvalue weighted by Gasteiger charge is 2.22. The van der Waals surface area contributed by atoms with Gasteiger partial charge in [-0.25, -0.2) is 0 Å². The zero-order chi connectivity index (χ0) is 6.81. The first kappa shape index (κ1) is 6.68. The van der Waals surface area contributed by atoms with E-state index in [4.69, 9.17) is 0 Å². The molecule has 3 heteroatoms. The molecule has 0 bridgehead atoms. The molecule has 0 saturated carbocycles. The maximum absolute atomic E-state index is 4.38. The standard InChI is InChI=1S/C7H12N2S/c1-2-4-9(3-1)7-5-10-6-8-7/h6-7H,1-5H2. The van der Waals surface area contributed by atoms with E-state index in [1.165, 1.54) is 31.7 Å². The summed E-state index contributed by atoms with van der Waals surface area (Å²) in [5.74, 6) is 1.18. The summed E-state index contributed by atoms with van der Waals surface area (Å²) in [4.78, 5) is 6.86. The number of thioether (sulfide) groups is 1. The molecule has 2 rings (SSSR count). The van der Waals surface area contributed by atoms with Gasteiger partial charge in [0.1, 0.15) is 6.17 Å². The third-order valence-corrected chi connectivity index (χ3v) is 2.88. The number of rotatable bonds is 1. The van der Waals surface area contributed by atoms with Crippen molar-refractivity contribution < 1.29 is 0 Å². The Labute approximate surface area is 65.7 Å². The van der Waals surface area contributed by atoms with Gasteiger partial charge in [0.15, 0.2) is 0 Å². The quantitative estimate of drug-likeness (QED) is 0.566.